The number of hydrogen-bond donors (Lipinski definition) is 1. The minimum Gasteiger partial charge on any atom is -0.322 e. The molecule has 0 aliphatic rings. The fourth-order valence-corrected chi connectivity index (χ4v) is 4.41. The Morgan fingerprint density at radius 1 is 1.07 bits per heavy atom. The summed E-state index contributed by atoms with van der Waals surface area (Å²) in [6.45, 7) is 3.02. The summed E-state index contributed by atoms with van der Waals surface area (Å²) in [5, 5.41) is 5.03. The minimum absolute atomic E-state index is 0.0872. The van der Waals surface area contributed by atoms with E-state index < -0.39 is 0 Å². The summed E-state index contributed by atoms with van der Waals surface area (Å²) in [4.78, 5) is 19.1. The molecule has 146 valence electrons. The third-order valence-corrected chi connectivity index (χ3v) is 6.45. The van der Waals surface area contributed by atoms with Gasteiger partial charge in [0.15, 0.2) is 0 Å². The highest BCUT2D eigenvalue weighted by molar-refractivity contribution is 8.00. The first kappa shape index (κ1) is 20.6. The van der Waals surface area contributed by atoms with Crippen molar-refractivity contribution >= 4 is 34.7 Å². The van der Waals surface area contributed by atoms with Crippen molar-refractivity contribution in [3.8, 4) is 0 Å². The van der Waals surface area contributed by atoms with Gasteiger partial charge in [-0.05, 0) is 62.8 Å². The minimum atomic E-state index is -0.0872. The Morgan fingerprint density at radius 2 is 1.75 bits per heavy atom. The molecule has 0 spiro atoms. The largest absolute Gasteiger partial charge is 0.322 e. The number of carbonyl (C=O) groups is 1. The Hall–Kier alpha value is -2.15. The summed E-state index contributed by atoms with van der Waals surface area (Å²) in [5.74, 6) is 0.763. The second-order valence-electron chi connectivity index (χ2n) is 6.94. The van der Waals surface area contributed by atoms with Gasteiger partial charge in [-0.15, -0.1) is 11.3 Å². The van der Waals surface area contributed by atoms with E-state index in [1.165, 1.54) is 11.1 Å². The quantitative estimate of drug-likeness (QED) is 0.524. The molecule has 28 heavy (non-hydrogen) atoms. The maximum atomic E-state index is 12.5. The second-order valence-corrected chi connectivity index (χ2v) is 9.03. The maximum Gasteiger partial charge on any atom is 0.255 e. The summed E-state index contributed by atoms with van der Waals surface area (Å²) in [6, 6.07) is 15.8. The van der Waals surface area contributed by atoms with Crippen LogP contribution in [0.1, 0.15) is 27.2 Å². The third kappa shape index (κ3) is 6.19. The van der Waals surface area contributed by atoms with Gasteiger partial charge in [0.25, 0.3) is 5.91 Å². The molecule has 0 unspecified atom stereocenters. The highest BCUT2D eigenvalue weighted by atomic mass is 32.2. The van der Waals surface area contributed by atoms with Gasteiger partial charge >= 0.3 is 0 Å². The van der Waals surface area contributed by atoms with Crippen molar-refractivity contribution in [3.05, 3.63) is 76.3 Å². The second kappa shape index (κ2) is 9.87. The lowest BCUT2D eigenvalue weighted by molar-refractivity contribution is 0.102. The molecular weight excluding hydrogens is 386 g/mol. The number of hydrogen-bond acceptors (Lipinski definition) is 5. The van der Waals surface area contributed by atoms with E-state index in [9.17, 15) is 4.79 Å². The molecule has 0 saturated heterocycles. The van der Waals surface area contributed by atoms with Gasteiger partial charge in [0.1, 0.15) is 4.34 Å². The fraction of sp³-hybridized carbons (Fsp3) is 0.273. The van der Waals surface area contributed by atoms with Crippen molar-refractivity contribution in [2.24, 2.45) is 0 Å². The van der Waals surface area contributed by atoms with Gasteiger partial charge < -0.3 is 10.2 Å². The normalized spacial score (nSPS) is 11.0. The van der Waals surface area contributed by atoms with E-state index in [2.05, 4.69) is 46.8 Å². The van der Waals surface area contributed by atoms with Crippen LogP contribution in [-0.4, -0.2) is 36.4 Å². The topological polar surface area (TPSA) is 45.2 Å². The van der Waals surface area contributed by atoms with Crippen molar-refractivity contribution in [1.82, 2.24) is 9.88 Å². The Labute approximate surface area is 175 Å². The molecule has 6 heteroatoms. The van der Waals surface area contributed by atoms with Crippen LogP contribution >= 0.6 is 23.1 Å². The van der Waals surface area contributed by atoms with Crippen molar-refractivity contribution in [2.75, 3.05) is 26.0 Å². The summed E-state index contributed by atoms with van der Waals surface area (Å²) >= 11 is 3.39. The van der Waals surface area contributed by atoms with Crippen molar-refractivity contribution in [1.29, 1.82) is 0 Å². The van der Waals surface area contributed by atoms with Gasteiger partial charge in [0.2, 0.25) is 0 Å². The molecule has 0 atom stereocenters. The third-order valence-electron chi connectivity index (χ3n) is 4.24. The molecule has 1 aromatic heterocycles. The molecule has 3 rings (SSSR count). The first-order valence-corrected chi connectivity index (χ1v) is 11.0. The number of aryl methyl sites for hydroxylation is 1. The van der Waals surface area contributed by atoms with E-state index in [0.717, 1.165) is 34.4 Å². The molecule has 0 fully saturated rings. The molecular formula is C22H25N3OS2. The summed E-state index contributed by atoms with van der Waals surface area (Å²) < 4.78 is 1.08. The molecule has 1 N–H and O–H groups in total. The van der Waals surface area contributed by atoms with Gasteiger partial charge in [-0.3, -0.25) is 4.79 Å². The summed E-state index contributed by atoms with van der Waals surface area (Å²) in [7, 11) is 4.14. The molecule has 1 amide bonds. The zero-order valence-electron chi connectivity index (χ0n) is 16.4. The number of aromatic nitrogens is 1. The van der Waals surface area contributed by atoms with Gasteiger partial charge in [0.05, 0.1) is 0 Å². The molecule has 0 radical (unpaired) electrons. The van der Waals surface area contributed by atoms with Gasteiger partial charge in [-0.2, -0.15) is 0 Å². The number of nitrogens with one attached hydrogen (secondary N) is 1. The van der Waals surface area contributed by atoms with Crippen LogP contribution in [0.2, 0.25) is 0 Å². The van der Waals surface area contributed by atoms with Crippen LogP contribution in [-0.2, 0) is 12.2 Å². The zero-order chi connectivity index (χ0) is 19.9. The first-order valence-electron chi connectivity index (χ1n) is 9.18. The van der Waals surface area contributed by atoms with E-state index in [0.29, 0.717) is 5.56 Å². The number of nitrogens with zero attached hydrogens (tertiary/aromatic N) is 2. The van der Waals surface area contributed by atoms with Crippen LogP contribution in [0.3, 0.4) is 0 Å². The smallest absolute Gasteiger partial charge is 0.255 e. The van der Waals surface area contributed by atoms with Crippen LogP contribution in [0, 0.1) is 6.92 Å². The van der Waals surface area contributed by atoms with E-state index in [1.54, 1.807) is 23.1 Å². The van der Waals surface area contributed by atoms with E-state index in [1.807, 2.05) is 43.3 Å². The zero-order valence-corrected chi connectivity index (χ0v) is 18.1. The molecule has 2 aromatic carbocycles. The van der Waals surface area contributed by atoms with Gasteiger partial charge in [-0.25, -0.2) is 4.98 Å². The molecule has 0 bridgehead atoms. The van der Waals surface area contributed by atoms with Crippen LogP contribution in [0.4, 0.5) is 5.69 Å². The predicted molar refractivity (Wildman–Crippen MR) is 120 cm³/mol. The number of rotatable bonds is 8. The number of thioether (sulfide) groups is 1. The average Bonchev–Trinajstić information content (AvgIpc) is 3.11. The summed E-state index contributed by atoms with van der Waals surface area (Å²) in [5.41, 5.74) is 4.99. The van der Waals surface area contributed by atoms with Gasteiger partial charge in [-0.1, -0.05) is 36.0 Å². The molecule has 1 heterocycles. The number of carbonyl (C=O) groups excluding carboxylic acids is 1. The maximum absolute atomic E-state index is 12.5. The van der Waals surface area contributed by atoms with Crippen molar-refractivity contribution < 1.29 is 4.79 Å². The number of likely N-dealkylation sites (N-methyl/N-ethyl adjacent to an activating group) is 1. The Balaban J connectivity index is 1.52. The summed E-state index contributed by atoms with van der Waals surface area (Å²) in [6.07, 6.45) is 1.00. The van der Waals surface area contributed by atoms with E-state index >= 15 is 0 Å². The molecule has 3 aromatic rings. The van der Waals surface area contributed by atoms with Crippen LogP contribution in [0.5, 0.6) is 0 Å². The van der Waals surface area contributed by atoms with Crippen LogP contribution < -0.4 is 5.32 Å². The van der Waals surface area contributed by atoms with E-state index in [4.69, 9.17) is 0 Å². The van der Waals surface area contributed by atoms with E-state index in [-0.39, 0.29) is 5.91 Å². The number of thiazole rings is 1. The Morgan fingerprint density at radius 3 is 2.36 bits per heavy atom. The lowest BCUT2D eigenvalue weighted by Crippen LogP contribution is -2.15. The SMILES string of the molecule is Cc1csc(SCc2ccc(C(=O)Nc3ccc(CCN(C)C)cc3)cc2)n1. The monoisotopic (exact) mass is 411 g/mol. The van der Waals surface area contributed by atoms with Crippen molar-refractivity contribution in [2.45, 2.75) is 23.4 Å². The van der Waals surface area contributed by atoms with Crippen LogP contribution in [0.15, 0.2) is 58.3 Å². The molecule has 0 aliphatic carbocycles. The lowest BCUT2D eigenvalue weighted by atomic mass is 10.1. The number of amides is 1. The highest BCUT2D eigenvalue weighted by Crippen LogP contribution is 2.26. The number of benzene rings is 2. The molecule has 0 saturated carbocycles. The lowest BCUT2D eigenvalue weighted by Gasteiger charge is -2.10. The predicted octanol–water partition coefficient (Wildman–Crippen LogP) is 5.10. The fourth-order valence-electron chi connectivity index (χ4n) is 2.61. The first-order chi connectivity index (χ1) is 13.5. The van der Waals surface area contributed by atoms with Gasteiger partial charge in [0, 0.05) is 34.6 Å². The Kier molecular flexibility index (Phi) is 7.25. The van der Waals surface area contributed by atoms with Crippen LogP contribution in [0.25, 0.3) is 0 Å². The van der Waals surface area contributed by atoms with Crippen molar-refractivity contribution in [3.63, 3.8) is 0 Å². The standard InChI is InChI=1S/C22H25N3OS2/c1-16-14-27-22(23-16)28-15-18-4-8-19(9-5-18)21(26)24-20-10-6-17(7-11-20)12-13-25(2)3/h4-11,14H,12-13,15H2,1-3H3,(H,24,26). The number of anilines is 1. The molecule has 4 nitrogen and oxygen atoms in total. The highest BCUT2D eigenvalue weighted by Gasteiger charge is 2.07. The molecule has 0 aliphatic heterocycles. The Bertz CT molecular complexity index is 902. The average molecular weight is 412 g/mol.